The molecule has 0 bridgehead atoms. The third kappa shape index (κ3) is 5.54. The number of amides is 1. The maximum atomic E-state index is 12.3. The van der Waals surface area contributed by atoms with E-state index in [-0.39, 0.29) is 11.6 Å². The summed E-state index contributed by atoms with van der Waals surface area (Å²) in [5, 5.41) is 15.2. The smallest absolute Gasteiger partial charge is 0.271 e. The first kappa shape index (κ1) is 21.3. The van der Waals surface area contributed by atoms with Crippen molar-refractivity contribution < 1.29 is 19.2 Å². The molecule has 0 radical (unpaired) electrons. The van der Waals surface area contributed by atoms with Crippen LogP contribution >= 0.6 is 0 Å². The first-order valence-corrected chi connectivity index (χ1v) is 9.76. The second-order valence-electron chi connectivity index (χ2n) is 6.67. The minimum Gasteiger partial charge on any atom is -0.494 e. The van der Waals surface area contributed by atoms with Gasteiger partial charge in [-0.1, -0.05) is 6.92 Å². The van der Waals surface area contributed by atoms with Crippen LogP contribution in [-0.4, -0.2) is 50.0 Å². The van der Waals surface area contributed by atoms with Crippen LogP contribution in [-0.2, 0) is 4.74 Å². The lowest BCUT2D eigenvalue weighted by Crippen LogP contribution is -2.36. The number of rotatable bonds is 8. The van der Waals surface area contributed by atoms with Crippen LogP contribution in [0.2, 0.25) is 0 Å². The van der Waals surface area contributed by atoms with Crippen LogP contribution in [0.15, 0.2) is 47.6 Å². The van der Waals surface area contributed by atoms with Crippen molar-refractivity contribution >= 4 is 23.5 Å². The van der Waals surface area contributed by atoms with Gasteiger partial charge in [-0.3, -0.25) is 14.9 Å². The Morgan fingerprint density at radius 2 is 2.00 bits per heavy atom. The summed E-state index contributed by atoms with van der Waals surface area (Å²) in [6.07, 6.45) is 2.33. The fourth-order valence-corrected chi connectivity index (χ4v) is 3.00. The van der Waals surface area contributed by atoms with Crippen molar-refractivity contribution in [2.45, 2.75) is 13.3 Å². The molecule has 1 heterocycles. The van der Waals surface area contributed by atoms with Crippen molar-refractivity contribution in [3.63, 3.8) is 0 Å². The van der Waals surface area contributed by atoms with Gasteiger partial charge in [-0.25, -0.2) is 5.43 Å². The molecule has 0 aromatic heterocycles. The molecule has 158 valence electrons. The minimum atomic E-state index is -0.457. The van der Waals surface area contributed by atoms with Gasteiger partial charge in [-0.15, -0.1) is 0 Å². The topological polar surface area (TPSA) is 106 Å². The van der Waals surface area contributed by atoms with Gasteiger partial charge in [0, 0.05) is 42.0 Å². The Labute approximate surface area is 174 Å². The number of nitrogens with one attached hydrogen (secondary N) is 1. The van der Waals surface area contributed by atoms with Crippen molar-refractivity contribution in [2.24, 2.45) is 5.10 Å². The van der Waals surface area contributed by atoms with Crippen LogP contribution in [0, 0.1) is 10.1 Å². The summed E-state index contributed by atoms with van der Waals surface area (Å²) in [5.74, 6) is 0.315. The molecule has 1 aliphatic heterocycles. The molecule has 1 N–H and O–H groups in total. The largest absolute Gasteiger partial charge is 0.494 e. The summed E-state index contributed by atoms with van der Waals surface area (Å²) in [4.78, 5) is 25.1. The second-order valence-corrected chi connectivity index (χ2v) is 6.67. The van der Waals surface area contributed by atoms with Gasteiger partial charge < -0.3 is 14.4 Å². The van der Waals surface area contributed by atoms with Crippen LogP contribution in [0.4, 0.5) is 11.4 Å². The summed E-state index contributed by atoms with van der Waals surface area (Å²) in [7, 11) is 0. The van der Waals surface area contributed by atoms with Gasteiger partial charge in [-0.05, 0) is 36.8 Å². The van der Waals surface area contributed by atoms with Crippen LogP contribution in [0.1, 0.15) is 29.3 Å². The number of nitro benzene ring substituents is 1. The molecule has 0 aliphatic carbocycles. The molecule has 9 nitrogen and oxygen atoms in total. The molecule has 1 fully saturated rings. The second kappa shape index (κ2) is 10.4. The zero-order valence-corrected chi connectivity index (χ0v) is 16.7. The zero-order valence-electron chi connectivity index (χ0n) is 16.7. The minimum absolute atomic E-state index is 0.0394. The number of carbonyl (C=O) groups excluding carboxylic acids is 1. The molecular weight excluding hydrogens is 388 g/mol. The highest BCUT2D eigenvalue weighted by Crippen LogP contribution is 2.25. The van der Waals surface area contributed by atoms with Crippen molar-refractivity contribution in [3.05, 3.63) is 63.7 Å². The van der Waals surface area contributed by atoms with E-state index in [1.54, 1.807) is 30.3 Å². The predicted molar refractivity (Wildman–Crippen MR) is 113 cm³/mol. The van der Waals surface area contributed by atoms with E-state index >= 15 is 0 Å². The van der Waals surface area contributed by atoms with Gasteiger partial charge in [-0.2, -0.15) is 5.10 Å². The monoisotopic (exact) mass is 412 g/mol. The number of morpholine rings is 1. The summed E-state index contributed by atoms with van der Waals surface area (Å²) in [6, 6.07) is 11.4. The number of anilines is 1. The number of nitrogens with zero attached hydrogens (tertiary/aromatic N) is 3. The molecule has 3 rings (SSSR count). The van der Waals surface area contributed by atoms with E-state index in [4.69, 9.17) is 9.47 Å². The lowest BCUT2D eigenvalue weighted by Gasteiger charge is -2.29. The lowest BCUT2D eigenvalue weighted by atomic mass is 10.1. The molecule has 0 spiro atoms. The summed E-state index contributed by atoms with van der Waals surface area (Å²) < 4.78 is 10.9. The fraction of sp³-hybridized carbons (Fsp3) is 0.333. The number of hydrogen-bond acceptors (Lipinski definition) is 7. The number of nitro groups is 1. The highest BCUT2D eigenvalue weighted by molar-refractivity contribution is 5.95. The molecule has 1 aliphatic rings. The van der Waals surface area contributed by atoms with Crippen LogP contribution in [0.25, 0.3) is 0 Å². The average molecular weight is 412 g/mol. The third-order valence-corrected chi connectivity index (χ3v) is 4.53. The third-order valence-electron chi connectivity index (χ3n) is 4.53. The fourth-order valence-electron chi connectivity index (χ4n) is 3.00. The molecular formula is C21H24N4O5. The van der Waals surface area contributed by atoms with Gasteiger partial charge in [0.15, 0.2) is 0 Å². The summed E-state index contributed by atoms with van der Waals surface area (Å²) in [5.41, 5.74) is 4.22. The molecule has 1 amide bonds. The van der Waals surface area contributed by atoms with E-state index in [9.17, 15) is 14.9 Å². The summed E-state index contributed by atoms with van der Waals surface area (Å²) in [6.45, 7) is 5.16. The zero-order chi connectivity index (χ0) is 21.3. The molecule has 0 saturated carbocycles. The van der Waals surface area contributed by atoms with Gasteiger partial charge in [0.05, 0.1) is 31.0 Å². The molecule has 0 unspecified atom stereocenters. The number of non-ortho nitro benzene ring substituents is 1. The molecule has 9 heteroatoms. The highest BCUT2D eigenvalue weighted by atomic mass is 16.6. The maximum Gasteiger partial charge on any atom is 0.271 e. The normalized spacial score (nSPS) is 14.0. The van der Waals surface area contributed by atoms with Gasteiger partial charge in [0.1, 0.15) is 5.75 Å². The molecule has 1 saturated heterocycles. The van der Waals surface area contributed by atoms with Crippen LogP contribution in [0.3, 0.4) is 0 Å². The van der Waals surface area contributed by atoms with Crippen molar-refractivity contribution in [3.8, 4) is 5.75 Å². The van der Waals surface area contributed by atoms with E-state index < -0.39 is 4.92 Å². The SMILES string of the molecule is CCCOc1ccc(C(=O)N/N=C\c2cc([N+](=O)[O-])ccc2N2CCOCC2)cc1. The van der Waals surface area contributed by atoms with E-state index in [2.05, 4.69) is 15.4 Å². The first-order valence-electron chi connectivity index (χ1n) is 9.76. The Morgan fingerprint density at radius 3 is 2.67 bits per heavy atom. The molecule has 30 heavy (non-hydrogen) atoms. The average Bonchev–Trinajstić information content (AvgIpc) is 2.78. The Hall–Kier alpha value is -3.46. The van der Waals surface area contributed by atoms with E-state index in [1.807, 2.05) is 6.92 Å². The van der Waals surface area contributed by atoms with Crippen molar-refractivity contribution in [1.82, 2.24) is 5.43 Å². The van der Waals surface area contributed by atoms with E-state index in [1.165, 1.54) is 18.3 Å². The standard InChI is InChI=1S/C21H24N4O5/c1-2-11-30-19-6-3-16(4-7-19)21(26)23-22-15-17-14-18(25(27)28)5-8-20(17)24-9-12-29-13-10-24/h3-8,14-15H,2,9-13H2,1H3,(H,23,26)/b22-15-. The quantitative estimate of drug-likeness (QED) is 0.406. The van der Waals surface area contributed by atoms with Gasteiger partial charge in [0.2, 0.25) is 0 Å². The molecule has 2 aromatic rings. The highest BCUT2D eigenvalue weighted by Gasteiger charge is 2.17. The van der Waals surface area contributed by atoms with Crippen molar-refractivity contribution in [2.75, 3.05) is 37.8 Å². The van der Waals surface area contributed by atoms with Gasteiger partial charge >= 0.3 is 0 Å². The van der Waals surface area contributed by atoms with Crippen LogP contribution < -0.4 is 15.1 Å². The maximum absolute atomic E-state index is 12.3. The van der Waals surface area contributed by atoms with E-state index in [0.717, 1.165) is 12.1 Å². The Bertz CT molecular complexity index is 908. The number of hydrogen-bond donors (Lipinski definition) is 1. The molecule has 2 aromatic carbocycles. The number of benzene rings is 2. The van der Waals surface area contributed by atoms with Crippen LogP contribution in [0.5, 0.6) is 5.75 Å². The Kier molecular flexibility index (Phi) is 7.34. The first-order chi connectivity index (χ1) is 14.6. The number of ether oxygens (including phenoxy) is 2. The number of hydrazone groups is 1. The lowest BCUT2D eigenvalue weighted by molar-refractivity contribution is -0.384. The van der Waals surface area contributed by atoms with E-state index in [0.29, 0.717) is 49.8 Å². The van der Waals surface area contributed by atoms with Gasteiger partial charge in [0.25, 0.3) is 11.6 Å². The van der Waals surface area contributed by atoms with Crippen molar-refractivity contribution in [1.29, 1.82) is 0 Å². The summed E-state index contributed by atoms with van der Waals surface area (Å²) >= 11 is 0. The molecule has 0 atom stereocenters. The Morgan fingerprint density at radius 1 is 1.27 bits per heavy atom. The Balaban J connectivity index is 1.71. The predicted octanol–water partition coefficient (Wildman–Crippen LogP) is 2.98. The number of carbonyl (C=O) groups is 1.